The zero-order chi connectivity index (χ0) is 23.7. The Kier molecular flexibility index (Phi) is 10.2. The lowest BCUT2D eigenvalue weighted by Gasteiger charge is -2.29. The zero-order valence-corrected chi connectivity index (χ0v) is 17.4. The first-order valence-electron chi connectivity index (χ1n) is 9.42. The molecule has 31 heavy (non-hydrogen) atoms. The van der Waals surface area contributed by atoms with E-state index in [1.54, 1.807) is 0 Å². The highest BCUT2D eigenvalue weighted by molar-refractivity contribution is 7.80. The lowest BCUT2D eigenvalue weighted by molar-refractivity contribution is -0.147. The van der Waals surface area contributed by atoms with Crippen LogP contribution < -0.4 is 16.4 Å². The van der Waals surface area contributed by atoms with Crippen LogP contribution in [0.4, 0.5) is 0 Å². The van der Waals surface area contributed by atoms with Crippen LogP contribution in [0.5, 0.6) is 0 Å². The Hall–Kier alpha value is -2.87. The van der Waals surface area contributed by atoms with Gasteiger partial charge in [0.25, 0.3) is 0 Å². The predicted molar refractivity (Wildman–Crippen MR) is 107 cm³/mol. The van der Waals surface area contributed by atoms with E-state index in [0.717, 1.165) is 4.90 Å². The summed E-state index contributed by atoms with van der Waals surface area (Å²) >= 11 is 3.87. The summed E-state index contributed by atoms with van der Waals surface area (Å²) in [5.41, 5.74) is 5.54. The maximum absolute atomic E-state index is 12.9. The minimum atomic E-state index is -1.48. The number of nitrogens with two attached hydrogens (primary N) is 1. The van der Waals surface area contributed by atoms with Gasteiger partial charge in [-0.3, -0.25) is 24.0 Å². The predicted octanol–water partition coefficient (Wildman–Crippen LogP) is -2.37. The maximum Gasteiger partial charge on any atom is 0.326 e. The Morgan fingerprint density at radius 2 is 1.68 bits per heavy atom. The van der Waals surface area contributed by atoms with Crippen molar-refractivity contribution in [1.82, 2.24) is 15.5 Å². The Morgan fingerprint density at radius 1 is 1.03 bits per heavy atom. The number of carboxylic acid groups (broad SMARTS) is 3. The molecule has 3 amide bonds. The molecule has 0 aliphatic carbocycles. The molecule has 0 saturated carbocycles. The Balaban J connectivity index is 2.94. The number of aliphatic carboxylic acids is 3. The largest absolute Gasteiger partial charge is 0.481 e. The first-order valence-corrected chi connectivity index (χ1v) is 10.0. The van der Waals surface area contributed by atoms with Gasteiger partial charge in [0, 0.05) is 18.7 Å². The highest BCUT2D eigenvalue weighted by Gasteiger charge is 2.39. The van der Waals surface area contributed by atoms with Gasteiger partial charge in [-0.2, -0.15) is 12.6 Å². The molecule has 1 fully saturated rings. The van der Waals surface area contributed by atoms with Gasteiger partial charge in [0.2, 0.25) is 17.7 Å². The molecule has 0 bridgehead atoms. The molecule has 0 radical (unpaired) electrons. The molecular weight excluding hydrogens is 436 g/mol. The lowest BCUT2D eigenvalue weighted by atomic mass is 10.1. The molecule has 7 N–H and O–H groups in total. The van der Waals surface area contributed by atoms with Crippen molar-refractivity contribution in [3.8, 4) is 0 Å². The number of nitrogens with one attached hydrogen (secondary N) is 2. The SMILES string of the molecule is NC(CS)C(=O)NC(CC(=O)O)C(=O)N1CCCC1C(=O)NC(CCC(=O)O)C(=O)O. The summed E-state index contributed by atoms with van der Waals surface area (Å²) in [5.74, 6) is -6.48. The molecule has 1 rings (SSSR count). The van der Waals surface area contributed by atoms with E-state index in [1.807, 2.05) is 0 Å². The number of amides is 3. The summed E-state index contributed by atoms with van der Waals surface area (Å²) < 4.78 is 0. The van der Waals surface area contributed by atoms with Crippen LogP contribution in [0.1, 0.15) is 32.1 Å². The van der Waals surface area contributed by atoms with Gasteiger partial charge in [-0.1, -0.05) is 0 Å². The van der Waals surface area contributed by atoms with Gasteiger partial charge in [0.1, 0.15) is 18.1 Å². The monoisotopic (exact) mass is 462 g/mol. The van der Waals surface area contributed by atoms with Crippen LogP contribution in [0.3, 0.4) is 0 Å². The molecular formula is C17H26N4O9S. The number of thiol groups is 1. The van der Waals surface area contributed by atoms with Crippen LogP contribution in [-0.2, 0) is 28.8 Å². The maximum atomic E-state index is 12.9. The van der Waals surface area contributed by atoms with Gasteiger partial charge in [0.05, 0.1) is 12.5 Å². The van der Waals surface area contributed by atoms with Crippen molar-refractivity contribution >= 4 is 48.3 Å². The van der Waals surface area contributed by atoms with Crippen LogP contribution in [0, 0.1) is 0 Å². The highest BCUT2D eigenvalue weighted by Crippen LogP contribution is 2.20. The van der Waals surface area contributed by atoms with Gasteiger partial charge in [-0.15, -0.1) is 0 Å². The minimum absolute atomic E-state index is 0.0402. The Bertz CT molecular complexity index is 732. The van der Waals surface area contributed by atoms with Gasteiger partial charge in [-0.25, -0.2) is 4.79 Å². The number of likely N-dealkylation sites (tertiary alicyclic amines) is 1. The fourth-order valence-corrected chi connectivity index (χ4v) is 3.20. The van der Waals surface area contributed by atoms with E-state index >= 15 is 0 Å². The third kappa shape index (κ3) is 8.05. The van der Waals surface area contributed by atoms with Crippen molar-refractivity contribution in [3.05, 3.63) is 0 Å². The summed E-state index contributed by atoms with van der Waals surface area (Å²) in [5, 5.41) is 31.5. The van der Waals surface area contributed by atoms with E-state index in [2.05, 4.69) is 23.3 Å². The van der Waals surface area contributed by atoms with E-state index in [0.29, 0.717) is 6.42 Å². The van der Waals surface area contributed by atoms with Gasteiger partial charge < -0.3 is 36.6 Å². The first kappa shape index (κ1) is 26.2. The lowest BCUT2D eigenvalue weighted by Crippen LogP contribution is -2.57. The number of carbonyl (C=O) groups excluding carboxylic acids is 3. The summed E-state index contributed by atoms with van der Waals surface area (Å²) in [4.78, 5) is 71.7. The van der Waals surface area contributed by atoms with E-state index in [9.17, 15) is 33.9 Å². The number of carbonyl (C=O) groups is 6. The van der Waals surface area contributed by atoms with Gasteiger partial charge >= 0.3 is 17.9 Å². The summed E-state index contributed by atoms with van der Waals surface area (Å²) in [7, 11) is 0. The molecule has 1 aliphatic heterocycles. The molecule has 1 aliphatic rings. The normalized spacial score (nSPS) is 18.5. The smallest absolute Gasteiger partial charge is 0.326 e. The van der Waals surface area contributed by atoms with Crippen molar-refractivity contribution in [2.75, 3.05) is 12.3 Å². The average molecular weight is 462 g/mol. The van der Waals surface area contributed by atoms with Crippen LogP contribution in [0.25, 0.3) is 0 Å². The van der Waals surface area contributed by atoms with Crippen LogP contribution in [0.15, 0.2) is 0 Å². The van der Waals surface area contributed by atoms with Gasteiger partial charge in [-0.05, 0) is 19.3 Å². The molecule has 0 aromatic heterocycles. The summed E-state index contributed by atoms with van der Waals surface area (Å²) in [6.45, 7) is 0.0917. The second kappa shape index (κ2) is 12.1. The molecule has 4 unspecified atom stereocenters. The quantitative estimate of drug-likeness (QED) is 0.153. The topological polar surface area (TPSA) is 216 Å². The van der Waals surface area contributed by atoms with Crippen molar-refractivity contribution in [2.24, 2.45) is 5.73 Å². The van der Waals surface area contributed by atoms with Crippen LogP contribution >= 0.6 is 12.6 Å². The van der Waals surface area contributed by atoms with Crippen molar-refractivity contribution < 1.29 is 44.1 Å². The molecule has 1 saturated heterocycles. The first-order chi connectivity index (χ1) is 14.5. The third-order valence-electron chi connectivity index (χ3n) is 4.63. The van der Waals surface area contributed by atoms with E-state index < -0.39 is 72.6 Å². The van der Waals surface area contributed by atoms with Crippen LogP contribution in [-0.4, -0.2) is 92.3 Å². The molecule has 1 heterocycles. The fraction of sp³-hybridized carbons (Fsp3) is 0.647. The number of hydrogen-bond donors (Lipinski definition) is 7. The standard InChI is InChI=1S/C17H26N4O9S/c18-8(7-31)14(26)20-10(6-13(24)25)16(28)21-5-1-2-11(21)15(27)19-9(17(29)30)3-4-12(22)23/h8-11,31H,1-7,18H2,(H,19,27)(H,20,26)(H,22,23)(H,24,25)(H,29,30). The molecule has 14 heteroatoms. The van der Waals surface area contributed by atoms with Crippen molar-refractivity contribution in [3.63, 3.8) is 0 Å². The Morgan fingerprint density at radius 3 is 2.19 bits per heavy atom. The van der Waals surface area contributed by atoms with Crippen molar-refractivity contribution in [1.29, 1.82) is 0 Å². The summed E-state index contributed by atoms with van der Waals surface area (Å²) in [6, 6.07) is -5.11. The summed E-state index contributed by atoms with van der Waals surface area (Å²) in [6.07, 6.45) is -1.00. The third-order valence-corrected chi connectivity index (χ3v) is 5.02. The van der Waals surface area contributed by atoms with Crippen molar-refractivity contribution in [2.45, 2.75) is 56.3 Å². The fourth-order valence-electron chi connectivity index (χ4n) is 3.03. The number of hydrogen-bond acceptors (Lipinski definition) is 8. The second-order valence-electron chi connectivity index (χ2n) is 6.97. The molecule has 13 nitrogen and oxygen atoms in total. The second-order valence-corrected chi connectivity index (χ2v) is 7.33. The zero-order valence-electron chi connectivity index (χ0n) is 16.5. The number of nitrogens with zero attached hydrogens (tertiary/aromatic N) is 1. The highest BCUT2D eigenvalue weighted by atomic mass is 32.1. The number of rotatable bonds is 12. The number of carboxylic acids is 3. The van der Waals surface area contributed by atoms with Crippen LogP contribution in [0.2, 0.25) is 0 Å². The molecule has 0 aromatic rings. The van der Waals surface area contributed by atoms with E-state index in [-0.39, 0.29) is 25.1 Å². The minimum Gasteiger partial charge on any atom is -0.481 e. The van der Waals surface area contributed by atoms with Gasteiger partial charge in [0.15, 0.2) is 0 Å². The Labute approximate surface area is 182 Å². The molecule has 4 atom stereocenters. The average Bonchev–Trinajstić information content (AvgIpc) is 3.18. The molecule has 174 valence electrons. The molecule has 0 spiro atoms. The van der Waals surface area contributed by atoms with E-state index in [4.69, 9.17) is 15.9 Å². The molecule has 0 aromatic carbocycles. The van der Waals surface area contributed by atoms with E-state index in [1.165, 1.54) is 0 Å².